The Morgan fingerprint density at radius 1 is 1.31 bits per heavy atom. The van der Waals surface area contributed by atoms with Crippen LogP contribution in [0.1, 0.15) is 21.6 Å². The topological polar surface area (TPSA) is 33.2 Å². The predicted octanol–water partition coefficient (Wildman–Crippen LogP) is 2.13. The third-order valence-electron chi connectivity index (χ3n) is 3.17. The highest BCUT2D eigenvalue weighted by Crippen LogP contribution is 2.28. The molecule has 16 heavy (non-hydrogen) atoms. The van der Waals surface area contributed by atoms with Crippen molar-refractivity contribution >= 4 is 16.8 Å². The van der Waals surface area contributed by atoms with Gasteiger partial charge in [-0.25, -0.2) is 0 Å². The second kappa shape index (κ2) is 3.04. The summed E-state index contributed by atoms with van der Waals surface area (Å²) < 4.78 is 0. The zero-order valence-electron chi connectivity index (χ0n) is 9.32. The van der Waals surface area contributed by atoms with Crippen LogP contribution in [-0.4, -0.2) is 22.8 Å². The first-order valence-electron chi connectivity index (χ1n) is 5.32. The van der Waals surface area contributed by atoms with Gasteiger partial charge in [0, 0.05) is 12.4 Å². The average Bonchev–Trinajstić information content (AvgIpc) is 2.55. The molecule has 3 nitrogen and oxygen atoms in total. The van der Waals surface area contributed by atoms with Gasteiger partial charge >= 0.3 is 0 Å². The van der Waals surface area contributed by atoms with Crippen LogP contribution < -0.4 is 0 Å². The molecule has 1 aromatic carbocycles. The summed E-state index contributed by atoms with van der Waals surface area (Å²) in [6.45, 7) is 2.62. The fourth-order valence-corrected chi connectivity index (χ4v) is 2.33. The van der Waals surface area contributed by atoms with E-state index in [1.807, 2.05) is 38.2 Å². The number of carbonyl (C=O) groups is 1. The second-order valence-corrected chi connectivity index (χ2v) is 4.24. The van der Waals surface area contributed by atoms with Crippen LogP contribution in [0.3, 0.4) is 0 Å². The Hall–Kier alpha value is -1.90. The molecule has 0 atom stereocenters. The van der Waals surface area contributed by atoms with Gasteiger partial charge in [0.05, 0.1) is 23.3 Å². The number of carbonyl (C=O) groups excluding carboxylic acids is 1. The van der Waals surface area contributed by atoms with Gasteiger partial charge in [-0.3, -0.25) is 9.78 Å². The molecule has 1 aliphatic heterocycles. The van der Waals surface area contributed by atoms with Crippen molar-refractivity contribution in [1.29, 1.82) is 0 Å². The third-order valence-corrected chi connectivity index (χ3v) is 3.17. The highest BCUT2D eigenvalue weighted by atomic mass is 16.2. The molecule has 1 aromatic heterocycles. The Morgan fingerprint density at radius 3 is 2.88 bits per heavy atom. The van der Waals surface area contributed by atoms with E-state index in [9.17, 15) is 4.79 Å². The Morgan fingerprint density at radius 2 is 2.06 bits per heavy atom. The molecule has 3 heteroatoms. The number of para-hydroxylation sites is 1. The summed E-state index contributed by atoms with van der Waals surface area (Å²) in [7, 11) is 1.81. The molecule has 1 aliphatic rings. The number of amides is 1. The first kappa shape index (κ1) is 9.33. The molecule has 0 saturated heterocycles. The SMILES string of the molecule is Cc1c2c(nc3ccccc13)CN(C)C2=O. The Kier molecular flexibility index (Phi) is 1.78. The van der Waals surface area contributed by atoms with Crippen molar-refractivity contribution in [1.82, 2.24) is 9.88 Å². The summed E-state index contributed by atoms with van der Waals surface area (Å²) >= 11 is 0. The summed E-state index contributed by atoms with van der Waals surface area (Å²) in [5.74, 6) is 0.0887. The van der Waals surface area contributed by atoms with Gasteiger partial charge in [0.25, 0.3) is 5.91 Å². The number of fused-ring (bicyclic) bond motifs is 2. The first-order valence-corrected chi connectivity index (χ1v) is 5.32. The van der Waals surface area contributed by atoms with Gasteiger partial charge in [0.15, 0.2) is 0 Å². The van der Waals surface area contributed by atoms with Crippen LogP contribution in [0, 0.1) is 6.92 Å². The summed E-state index contributed by atoms with van der Waals surface area (Å²) in [5, 5.41) is 1.07. The minimum Gasteiger partial charge on any atom is -0.336 e. The van der Waals surface area contributed by atoms with Crippen LogP contribution in [0.2, 0.25) is 0 Å². The maximum atomic E-state index is 11.9. The third kappa shape index (κ3) is 1.08. The van der Waals surface area contributed by atoms with E-state index in [0.29, 0.717) is 6.54 Å². The van der Waals surface area contributed by atoms with Crippen molar-refractivity contribution in [3.05, 3.63) is 41.1 Å². The van der Waals surface area contributed by atoms with Crippen LogP contribution >= 0.6 is 0 Å². The van der Waals surface area contributed by atoms with Gasteiger partial charge in [-0.1, -0.05) is 18.2 Å². The van der Waals surface area contributed by atoms with E-state index >= 15 is 0 Å². The zero-order valence-corrected chi connectivity index (χ0v) is 9.32. The fraction of sp³-hybridized carbons (Fsp3) is 0.231. The predicted molar refractivity (Wildman–Crippen MR) is 62.3 cm³/mol. The number of benzene rings is 1. The molecule has 2 heterocycles. The van der Waals surface area contributed by atoms with E-state index in [2.05, 4.69) is 4.98 Å². The maximum absolute atomic E-state index is 11.9. The van der Waals surface area contributed by atoms with Crippen molar-refractivity contribution in [2.75, 3.05) is 7.05 Å². The standard InChI is InChI=1S/C13H12N2O/c1-8-9-5-3-4-6-10(9)14-11-7-15(2)13(16)12(8)11/h3-6H,7H2,1-2H3. The van der Waals surface area contributed by atoms with Crippen molar-refractivity contribution in [3.8, 4) is 0 Å². The lowest BCUT2D eigenvalue weighted by atomic mass is 10.0. The number of hydrogen-bond donors (Lipinski definition) is 0. The lowest BCUT2D eigenvalue weighted by Gasteiger charge is -2.06. The number of aromatic nitrogens is 1. The first-order chi connectivity index (χ1) is 7.68. The molecule has 0 unspecified atom stereocenters. The van der Waals surface area contributed by atoms with E-state index in [4.69, 9.17) is 0 Å². The molecule has 0 N–H and O–H groups in total. The molecule has 0 spiro atoms. The molecular formula is C13H12N2O. The Bertz CT molecular complexity index is 604. The van der Waals surface area contributed by atoms with Crippen molar-refractivity contribution in [2.45, 2.75) is 13.5 Å². The van der Waals surface area contributed by atoms with Crippen LogP contribution in [-0.2, 0) is 6.54 Å². The number of rotatable bonds is 0. The smallest absolute Gasteiger partial charge is 0.256 e. The van der Waals surface area contributed by atoms with Gasteiger partial charge in [0.1, 0.15) is 0 Å². The maximum Gasteiger partial charge on any atom is 0.256 e. The molecule has 0 bridgehead atoms. The normalized spacial score (nSPS) is 14.6. The van der Waals surface area contributed by atoms with E-state index in [0.717, 1.165) is 27.7 Å². The van der Waals surface area contributed by atoms with Gasteiger partial charge in [-0.2, -0.15) is 0 Å². The minimum absolute atomic E-state index is 0.0887. The largest absolute Gasteiger partial charge is 0.336 e. The van der Waals surface area contributed by atoms with Crippen LogP contribution in [0.15, 0.2) is 24.3 Å². The Labute approximate surface area is 93.7 Å². The van der Waals surface area contributed by atoms with Crippen molar-refractivity contribution in [2.24, 2.45) is 0 Å². The number of nitrogens with zero attached hydrogens (tertiary/aromatic N) is 2. The summed E-state index contributed by atoms with van der Waals surface area (Å²) in [4.78, 5) is 18.2. The van der Waals surface area contributed by atoms with Crippen LogP contribution in [0.5, 0.6) is 0 Å². The van der Waals surface area contributed by atoms with Gasteiger partial charge in [-0.05, 0) is 18.6 Å². The summed E-state index contributed by atoms with van der Waals surface area (Å²) in [6.07, 6.45) is 0. The van der Waals surface area contributed by atoms with Gasteiger partial charge in [0.2, 0.25) is 0 Å². The minimum atomic E-state index is 0.0887. The van der Waals surface area contributed by atoms with Crippen molar-refractivity contribution in [3.63, 3.8) is 0 Å². The van der Waals surface area contributed by atoms with Gasteiger partial charge < -0.3 is 4.90 Å². The molecule has 1 amide bonds. The monoisotopic (exact) mass is 212 g/mol. The Balaban J connectivity index is 2.41. The fourth-order valence-electron chi connectivity index (χ4n) is 2.33. The quantitative estimate of drug-likeness (QED) is 0.670. The molecule has 0 radical (unpaired) electrons. The van der Waals surface area contributed by atoms with Gasteiger partial charge in [-0.15, -0.1) is 0 Å². The lowest BCUT2D eigenvalue weighted by Crippen LogP contribution is -2.18. The van der Waals surface area contributed by atoms with E-state index in [1.165, 1.54) is 0 Å². The molecule has 2 aromatic rings. The highest BCUT2D eigenvalue weighted by molar-refractivity contribution is 6.03. The number of hydrogen-bond acceptors (Lipinski definition) is 2. The van der Waals surface area contributed by atoms with Crippen LogP contribution in [0.4, 0.5) is 0 Å². The van der Waals surface area contributed by atoms with E-state index in [-0.39, 0.29) is 5.91 Å². The van der Waals surface area contributed by atoms with Crippen molar-refractivity contribution < 1.29 is 4.79 Å². The van der Waals surface area contributed by atoms with E-state index in [1.54, 1.807) is 4.90 Å². The highest BCUT2D eigenvalue weighted by Gasteiger charge is 2.28. The average molecular weight is 212 g/mol. The molecule has 0 aliphatic carbocycles. The molecule has 80 valence electrons. The molecule has 3 rings (SSSR count). The van der Waals surface area contributed by atoms with E-state index < -0.39 is 0 Å². The molecule has 0 saturated carbocycles. The lowest BCUT2D eigenvalue weighted by molar-refractivity contribution is 0.0816. The number of pyridine rings is 1. The number of aryl methyl sites for hydroxylation is 1. The van der Waals surface area contributed by atoms with Crippen LogP contribution in [0.25, 0.3) is 10.9 Å². The zero-order chi connectivity index (χ0) is 11.3. The summed E-state index contributed by atoms with van der Waals surface area (Å²) in [6, 6.07) is 7.96. The molecular weight excluding hydrogens is 200 g/mol. The summed E-state index contributed by atoms with van der Waals surface area (Å²) in [5.41, 5.74) is 3.72. The molecule has 0 fully saturated rings. The second-order valence-electron chi connectivity index (χ2n) is 4.24.